The molecular weight excluding hydrogens is 186 g/mol. The molecule has 1 saturated heterocycles. The number of nitrogens with zero attached hydrogens (tertiary/aromatic N) is 3. The van der Waals surface area contributed by atoms with Crippen molar-refractivity contribution < 1.29 is 0 Å². The molecule has 1 aromatic rings. The van der Waals surface area contributed by atoms with Crippen molar-refractivity contribution in [2.24, 2.45) is 7.05 Å². The van der Waals surface area contributed by atoms with E-state index in [0.29, 0.717) is 6.04 Å². The number of hydrogen-bond acceptors (Lipinski definition) is 2. The third-order valence-electron chi connectivity index (χ3n) is 3.36. The van der Waals surface area contributed by atoms with Crippen molar-refractivity contribution in [3.05, 3.63) is 30.1 Å². The van der Waals surface area contributed by atoms with Gasteiger partial charge < -0.3 is 0 Å². The minimum absolute atomic E-state index is 0.552. The smallest absolute Gasteiger partial charge is 0.0540 e. The van der Waals surface area contributed by atoms with Crippen LogP contribution in [0.25, 0.3) is 0 Å². The van der Waals surface area contributed by atoms with Crippen LogP contribution in [-0.2, 0) is 7.05 Å². The van der Waals surface area contributed by atoms with E-state index in [9.17, 15) is 0 Å². The van der Waals surface area contributed by atoms with Gasteiger partial charge in [0.05, 0.1) is 6.20 Å². The van der Waals surface area contributed by atoms with E-state index in [0.717, 1.165) is 6.54 Å². The molecule has 0 bridgehead atoms. The maximum Gasteiger partial charge on any atom is 0.0540 e. The molecule has 0 aliphatic carbocycles. The SMILES string of the molecule is C=CCN1CCCC1c1cnn(C)c1C. The first-order valence-electron chi connectivity index (χ1n) is 5.57. The number of hydrogen-bond donors (Lipinski definition) is 0. The maximum atomic E-state index is 4.32. The molecule has 1 aliphatic heterocycles. The Morgan fingerprint density at radius 1 is 1.67 bits per heavy atom. The Hall–Kier alpha value is -1.09. The van der Waals surface area contributed by atoms with Crippen molar-refractivity contribution in [1.29, 1.82) is 0 Å². The van der Waals surface area contributed by atoms with Gasteiger partial charge in [-0.25, -0.2) is 0 Å². The molecule has 15 heavy (non-hydrogen) atoms. The summed E-state index contributed by atoms with van der Waals surface area (Å²) in [6, 6.07) is 0.552. The molecule has 0 saturated carbocycles. The summed E-state index contributed by atoms with van der Waals surface area (Å²) in [5.41, 5.74) is 2.67. The van der Waals surface area contributed by atoms with E-state index in [2.05, 4.69) is 23.5 Å². The quantitative estimate of drug-likeness (QED) is 0.704. The van der Waals surface area contributed by atoms with Gasteiger partial charge in [0.1, 0.15) is 0 Å². The molecule has 3 nitrogen and oxygen atoms in total. The minimum atomic E-state index is 0.552. The van der Waals surface area contributed by atoms with Gasteiger partial charge in [0.2, 0.25) is 0 Å². The highest BCUT2D eigenvalue weighted by atomic mass is 15.3. The van der Waals surface area contributed by atoms with E-state index in [-0.39, 0.29) is 0 Å². The summed E-state index contributed by atoms with van der Waals surface area (Å²) in [6.45, 7) is 8.13. The molecule has 3 heteroatoms. The topological polar surface area (TPSA) is 21.1 Å². The lowest BCUT2D eigenvalue weighted by atomic mass is 10.1. The van der Waals surface area contributed by atoms with E-state index < -0.39 is 0 Å². The van der Waals surface area contributed by atoms with E-state index in [4.69, 9.17) is 0 Å². The zero-order valence-corrected chi connectivity index (χ0v) is 9.61. The van der Waals surface area contributed by atoms with E-state index in [1.807, 2.05) is 24.0 Å². The van der Waals surface area contributed by atoms with Crippen LogP contribution in [0, 0.1) is 6.92 Å². The van der Waals surface area contributed by atoms with E-state index in [1.165, 1.54) is 30.6 Å². The number of aryl methyl sites for hydroxylation is 1. The van der Waals surface area contributed by atoms with Crippen LogP contribution < -0.4 is 0 Å². The number of rotatable bonds is 3. The average Bonchev–Trinajstić information content (AvgIpc) is 2.77. The predicted octanol–water partition coefficient (Wildman–Crippen LogP) is 2.05. The molecule has 0 aromatic carbocycles. The Kier molecular flexibility index (Phi) is 2.91. The summed E-state index contributed by atoms with van der Waals surface area (Å²) < 4.78 is 1.96. The molecule has 0 amide bonds. The van der Waals surface area contributed by atoms with Crippen LogP contribution in [-0.4, -0.2) is 27.8 Å². The molecule has 2 heterocycles. The van der Waals surface area contributed by atoms with Gasteiger partial charge in [-0.1, -0.05) is 6.08 Å². The lowest BCUT2D eigenvalue weighted by Crippen LogP contribution is -2.23. The van der Waals surface area contributed by atoms with Crippen molar-refractivity contribution in [3.63, 3.8) is 0 Å². The first-order chi connectivity index (χ1) is 7.24. The molecule has 1 fully saturated rings. The van der Waals surface area contributed by atoms with E-state index in [1.54, 1.807) is 0 Å². The molecule has 1 aromatic heterocycles. The lowest BCUT2D eigenvalue weighted by molar-refractivity contribution is 0.285. The summed E-state index contributed by atoms with van der Waals surface area (Å²) in [6.07, 6.45) is 6.54. The average molecular weight is 205 g/mol. The molecule has 0 spiro atoms. The molecule has 0 radical (unpaired) electrons. The molecule has 0 N–H and O–H groups in total. The second-order valence-electron chi connectivity index (χ2n) is 4.25. The summed E-state index contributed by atoms with van der Waals surface area (Å²) in [5, 5.41) is 4.32. The van der Waals surface area contributed by atoms with Crippen molar-refractivity contribution in [2.75, 3.05) is 13.1 Å². The molecule has 1 unspecified atom stereocenters. The molecule has 82 valence electrons. The highest BCUT2D eigenvalue weighted by Crippen LogP contribution is 2.32. The Labute approximate surface area is 91.4 Å². The van der Waals surface area contributed by atoms with Crippen LogP contribution in [0.5, 0.6) is 0 Å². The maximum absolute atomic E-state index is 4.32. The van der Waals surface area contributed by atoms with Gasteiger partial charge in [-0.3, -0.25) is 9.58 Å². The van der Waals surface area contributed by atoms with Gasteiger partial charge in [-0.15, -0.1) is 6.58 Å². The van der Waals surface area contributed by atoms with Gasteiger partial charge in [0.15, 0.2) is 0 Å². The van der Waals surface area contributed by atoms with Gasteiger partial charge in [0.25, 0.3) is 0 Å². The summed E-state index contributed by atoms with van der Waals surface area (Å²) in [7, 11) is 2.01. The Bertz CT molecular complexity index is 354. The summed E-state index contributed by atoms with van der Waals surface area (Å²) in [4.78, 5) is 2.48. The fourth-order valence-corrected chi connectivity index (χ4v) is 2.41. The fourth-order valence-electron chi connectivity index (χ4n) is 2.41. The number of likely N-dealkylation sites (tertiary alicyclic amines) is 1. The highest BCUT2D eigenvalue weighted by molar-refractivity contribution is 5.21. The second kappa shape index (κ2) is 4.19. The first kappa shape index (κ1) is 10.4. The third-order valence-corrected chi connectivity index (χ3v) is 3.36. The Morgan fingerprint density at radius 2 is 2.47 bits per heavy atom. The zero-order valence-electron chi connectivity index (χ0n) is 9.61. The standard InChI is InChI=1S/C12H19N3/c1-4-7-15-8-5-6-12(15)11-9-13-14(3)10(11)2/h4,9,12H,1,5-8H2,2-3H3. The van der Waals surface area contributed by atoms with Crippen molar-refractivity contribution in [1.82, 2.24) is 14.7 Å². The zero-order chi connectivity index (χ0) is 10.8. The van der Waals surface area contributed by atoms with Gasteiger partial charge >= 0.3 is 0 Å². The van der Waals surface area contributed by atoms with Gasteiger partial charge in [-0.2, -0.15) is 5.10 Å². The minimum Gasteiger partial charge on any atom is -0.293 e. The first-order valence-corrected chi connectivity index (χ1v) is 5.57. The van der Waals surface area contributed by atoms with Crippen molar-refractivity contribution >= 4 is 0 Å². The fraction of sp³-hybridized carbons (Fsp3) is 0.583. The largest absolute Gasteiger partial charge is 0.293 e. The molecule has 2 rings (SSSR count). The second-order valence-corrected chi connectivity index (χ2v) is 4.25. The van der Waals surface area contributed by atoms with Crippen molar-refractivity contribution in [3.8, 4) is 0 Å². The summed E-state index contributed by atoms with van der Waals surface area (Å²) in [5.74, 6) is 0. The Balaban J connectivity index is 2.22. The lowest BCUT2D eigenvalue weighted by Gasteiger charge is -2.22. The van der Waals surface area contributed by atoms with E-state index >= 15 is 0 Å². The van der Waals surface area contributed by atoms with Crippen LogP contribution in [0.4, 0.5) is 0 Å². The van der Waals surface area contributed by atoms with Crippen molar-refractivity contribution in [2.45, 2.75) is 25.8 Å². The van der Waals surface area contributed by atoms with Crippen LogP contribution in [0.2, 0.25) is 0 Å². The van der Waals surface area contributed by atoms with Crippen LogP contribution in [0.3, 0.4) is 0 Å². The Morgan fingerprint density at radius 3 is 3.07 bits per heavy atom. The summed E-state index contributed by atoms with van der Waals surface area (Å²) >= 11 is 0. The molecule has 1 aliphatic rings. The highest BCUT2D eigenvalue weighted by Gasteiger charge is 2.27. The van der Waals surface area contributed by atoms with Crippen LogP contribution in [0.1, 0.15) is 30.1 Å². The van der Waals surface area contributed by atoms with Crippen LogP contribution in [0.15, 0.2) is 18.9 Å². The molecular formula is C12H19N3. The molecule has 1 atom stereocenters. The van der Waals surface area contributed by atoms with Crippen LogP contribution >= 0.6 is 0 Å². The third kappa shape index (κ3) is 1.84. The monoisotopic (exact) mass is 205 g/mol. The van der Waals surface area contributed by atoms with Gasteiger partial charge in [-0.05, 0) is 26.3 Å². The number of aromatic nitrogens is 2. The van der Waals surface area contributed by atoms with Gasteiger partial charge in [0, 0.05) is 30.9 Å². The predicted molar refractivity (Wildman–Crippen MR) is 61.7 cm³/mol. The normalized spacial score (nSPS) is 22.1.